The second-order valence-corrected chi connectivity index (χ2v) is 3.06. The predicted octanol–water partition coefficient (Wildman–Crippen LogP) is 1.21. The Balaban J connectivity index is 3.35. The molecule has 0 heterocycles. The van der Waals surface area contributed by atoms with Crippen LogP contribution in [0.15, 0.2) is 6.07 Å². The first-order valence-electron chi connectivity index (χ1n) is 4.51. The predicted molar refractivity (Wildman–Crippen MR) is 52.6 cm³/mol. The van der Waals surface area contributed by atoms with Gasteiger partial charge in [-0.3, -0.25) is 4.79 Å². The van der Waals surface area contributed by atoms with Crippen LogP contribution in [-0.2, 0) is 0 Å². The molecule has 1 rings (SSSR count). The molecule has 0 aliphatic rings. The number of hydrogen-bond donors (Lipinski definition) is 2. The van der Waals surface area contributed by atoms with Crippen LogP contribution >= 0.6 is 0 Å². The van der Waals surface area contributed by atoms with E-state index in [4.69, 9.17) is 5.73 Å². The molecule has 6 heteroatoms. The van der Waals surface area contributed by atoms with E-state index >= 15 is 0 Å². The standard InChI is InChI=1S/C10H11F2NO3/c1-16-7-4-5(11)9(12)8(10(7)15)6(14)2-3-13/h4,15H,2-3,13H2,1H3. The van der Waals surface area contributed by atoms with Crippen LogP contribution in [0.25, 0.3) is 0 Å². The quantitative estimate of drug-likeness (QED) is 0.764. The molecule has 0 unspecified atom stereocenters. The first-order chi connectivity index (χ1) is 7.52. The van der Waals surface area contributed by atoms with E-state index in [2.05, 4.69) is 4.74 Å². The highest BCUT2D eigenvalue weighted by molar-refractivity contribution is 5.99. The van der Waals surface area contributed by atoms with Crippen molar-refractivity contribution in [2.75, 3.05) is 13.7 Å². The summed E-state index contributed by atoms with van der Waals surface area (Å²) < 4.78 is 31.0. The molecule has 16 heavy (non-hydrogen) atoms. The van der Waals surface area contributed by atoms with Crippen LogP contribution in [0.1, 0.15) is 16.8 Å². The lowest BCUT2D eigenvalue weighted by Crippen LogP contribution is -2.11. The van der Waals surface area contributed by atoms with Crippen LogP contribution in [-0.4, -0.2) is 24.5 Å². The molecule has 0 saturated carbocycles. The molecule has 0 spiro atoms. The molecular weight excluding hydrogens is 220 g/mol. The molecule has 88 valence electrons. The van der Waals surface area contributed by atoms with Crippen molar-refractivity contribution < 1.29 is 23.4 Å². The number of aromatic hydroxyl groups is 1. The number of ether oxygens (including phenoxy) is 1. The van der Waals surface area contributed by atoms with Crippen molar-refractivity contribution in [3.63, 3.8) is 0 Å². The van der Waals surface area contributed by atoms with E-state index in [1.165, 1.54) is 7.11 Å². The molecule has 0 bridgehead atoms. The van der Waals surface area contributed by atoms with Gasteiger partial charge in [-0.15, -0.1) is 0 Å². The Hall–Kier alpha value is -1.69. The molecule has 4 nitrogen and oxygen atoms in total. The Bertz CT molecular complexity index is 421. The smallest absolute Gasteiger partial charge is 0.173 e. The van der Waals surface area contributed by atoms with Gasteiger partial charge >= 0.3 is 0 Å². The highest BCUT2D eigenvalue weighted by Crippen LogP contribution is 2.34. The summed E-state index contributed by atoms with van der Waals surface area (Å²) in [5.74, 6) is -4.42. The Labute approximate surface area is 90.6 Å². The first-order valence-corrected chi connectivity index (χ1v) is 4.51. The van der Waals surface area contributed by atoms with E-state index in [1.807, 2.05) is 0 Å². The van der Waals surface area contributed by atoms with Gasteiger partial charge in [0.2, 0.25) is 0 Å². The molecule has 0 radical (unpaired) electrons. The number of nitrogens with two attached hydrogens (primary N) is 1. The minimum Gasteiger partial charge on any atom is -0.504 e. The zero-order chi connectivity index (χ0) is 12.3. The highest BCUT2D eigenvalue weighted by atomic mass is 19.2. The fourth-order valence-corrected chi connectivity index (χ4v) is 1.26. The third-order valence-corrected chi connectivity index (χ3v) is 2.03. The molecule has 3 N–H and O–H groups in total. The van der Waals surface area contributed by atoms with Gasteiger partial charge in [0.1, 0.15) is 5.56 Å². The van der Waals surface area contributed by atoms with Gasteiger partial charge in [-0.2, -0.15) is 0 Å². The molecule has 0 aromatic heterocycles. The number of ketones is 1. The largest absolute Gasteiger partial charge is 0.504 e. The summed E-state index contributed by atoms with van der Waals surface area (Å²) in [5.41, 5.74) is 4.41. The SMILES string of the molecule is COc1cc(F)c(F)c(C(=O)CCN)c1O. The van der Waals surface area contributed by atoms with E-state index in [9.17, 15) is 18.7 Å². The topological polar surface area (TPSA) is 72.5 Å². The van der Waals surface area contributed by atoms with Gasteiger partial charge in [0.25, 0.3) is 0 Å². The average molecular weight is 231 g/mol. The van der Waals surface area contributed by atoms with Gasteiger partial charge in [0, 0.05) is 12.5 Å². The maximum atomic E-state index is 13.3. The molecule has 1 aromatic rings. The van der Waals surface area contributed by atoms with Gasteiger partial charge < -0.3 is 15.6 Å². The number of hydrogen-bond acceptors (Lipinski definition) is 4. The number of phenols is 1. The first kappa shape index (κ1) is 12.4. The Kier molecular flexibility index (Phi) is 3.78. The van der Waals surface area contributed by atoms with Crippen LogP contribution in [0, 0.1) is 11.6 Å². The molecular formula is C10H11F2NO3. The van der Waals surface area contributed by atoms with Gasteiger partial charge in [0.15, 0.2) is 28.9 Å². The normalized spacial score (nSPS) is 10.2. The average Bonchev–Trinajstić information content (AvgIpc) is 2.24. The van der Waals surface area contributed by atoms with Crippen molar-refractivity contribution in [2.45, 2.75) is 6.42 Å². The van der Waals surface area contributed by atoms with Crippen molar-refractivity contribution in [3.8, 4) is 11.5 Å². The molecule has 0 saturated heterocycles. The molecule has 1 aromatic carbocycles. The molecule has 0 fully saturated rings. The van der Waals surface area contributed by atoms with Crippen molar-refractivity contribution in [2.24, 2.45) is 5.73 Å². The Morgan fingerprint density at radius 2 is 2.19 bits per heavy atom. The highest BCUT2D eigenvalue weighted by Gasteiger charge is 2.23. The van der Waals surface area contributed by atoms with Crippen LogP contribution in [0.2, 0.25) is 0 Å². The summed E-state index contributed by atoms with van der Waals surface area (Å²) >= 11 is 0. The monoisotopic (exact) mass is 231 g/mol. The fourth-order valence-electron chi connectivity index (χ4n) is 1.26. The second-order valence-electron chi connectivity index (χ2n) is 3.06. The van der Waals surface area contributed by atoms with Gasteiger partial charge in [0.05, 0.1) is 7.11 Å². The van der Waals surface area contributed by atoms with Gasteiger partial charge in [-0.1, -0.05) is 0 Å². The minimum atomic E-state index is -1.39. The van der Waals surface area contributed by atoms with Crippen LogP contribution in [0.5, 0.6) is 11.5 Å². The molecule has 0 amide bonds. The number of halogens is 2. The fraction of sp³-hybridized carbons (Fsp3) is 0.300. The lowest BCUT2D eigenvalue weighted by atomic mass is 10.1. The van der Waals surface area contributed by atoms with Crippen molar-refractivity contribution in [3.05, 3.63) is 23.3 Å². The Morgan fingerprint density at radius 3 is 2.69 bits per heavy atom. The lowest BCUT2D eigenvalue weighted by Gasteiger charge is -2.09. The number of carbonyl (C=O) groups excluding carboxylic acids is 1. The maximum absolute atomic E-state index is 13.3. The number of carbonyl (C=O) groups is 1. The van der Waals surface area contributed by atoms with Crippen molar-refractivity contribution in [1.82, 2.24) is 0 Å². The molecule has 0 atom stereocenters. The summed E-state index contributed by atoms with van der Waals surface area (Å²) in [6, 6.07) is 0.671. The summed E-state index contributed by atoms with van der Waals surface area (Å²) in [6.45, 7) is -0.0173. The number of methoxy groups -OCH3 is 1. The van der Waals surface area contributed by atoms with Gasteiger partial charge in [-0.25, -0.2) is 8.78 Å². The zero-order valence-electron chi connectivity index (χ0n) is 8.59. The van der Waals surface area contributed by atoms with E-state index in [1.54, 1.807) is 0 Å². The van der Waals surface area contributed by atoms with Crippen LogP contribution < -0.4 is 10.5 Å². The van der Waals surface area contributed by atoms with Crippen LogP contribution in [0.4, 0.5) is 8.78 Å². The summed E-state index contributed by atoms with van der Waals surface area (Å²) in [7, 11) is 1.17. The molecule has 0 aliphatic heterocycles. The van der Waals surface area contributed by atoms with Crippen molar-refractivity contribution in [1.29, 1.82) is 0 Å². The molecule has 0 aliphatic carbocycles. The third kappa shape index (κ3) is 2.11. The summed E-state index contributed by atoms with van der Waals surface area (Å²) in [5, 5.41) is 9.50. The summed E-state index contributed by atoms with van der Waals surface area (Å²) in [4.78, 5) is 11.4. The van der Waals surface area contributed by atoms with Crippen molar-refractivity contribution >= 4 is 5.78 Å². The van der Waals surface area contributed by atoms with Crippen LogP contribution in [0.3, 0.4) is 0 Å². The number of benzene rings is 1. The third-order valence-electron chi connectivity index (χ3n) is 2.03. The number of rotatable bonds is 4. The van der Waals surface area contributed by atoms with Gasteiger partial charge in [-0.05, 0) is 6.54 Å². The minimum absolute atomic E-state index is 0.0173. The van der Waals surface area contributed by atoms with E-state index < -0.39 is 28.7 Å². The Morgan fingerprint density at radius 1 is 1.56 bits per heavy atom. The van der Waals surface area contributed by atoms with E-state index in [-0.39, 0.29) is 18.7 Å². The van der Waals surface area contributed by atoms with E-state index in [0.717, 1.165) is 0 Å². The summed E-state index contributed by atoms with van der Waals surface area (Å²) in [6.07, 6.45) is -0.183. The van der Waals surface area contributed by atoms with E-state index in [0.29, 0.717) is 6.07 Å². The number of phenolic OH excluding ortho intramolecular Hbond substituents is 1. The lowest BCUT2D eigenvalue weighted by molar-refractivity contribution is 0.0977. The maximum Gasteiger partial charge on any atom is 0.173 e. The zero-order valence-corrected chi connectivity index (χ0v) is 8.59. The second kappa shape index (κ2) is 4.89. The number of Topliss-reactive ketones (excluding diaryl/α,β-unsaturated/α-hetero) is 1.